The third-order valence-corrected chi connectivity index (χ3v) is 2.55. The van der Waals surface area contributed by atoms with E-state index in [-0.39, 0.29) is 0 Å². The molecular formula is C13H21FN2. The van der Waals surface area contributed by atoms with Crippen molar-refractivity contribution in [3.63, 3.8) is 0 Å². The minimum Gasteiger partial charge on any atom is -0.295 e. The summed E-state index contributed by atoms with van der Waals surface area (Å²) < 4.78 is 12.9. The zero-order valence-electron chi connectivity index (χ0n) is 10.4. The number of halogens is 1. The molecule has 1 saturated heterocycles. The summed E-state index contributed by atoms with van der Waals surface area (Å²) in [5.74, 6) is 0. The molecule has 1 aromatic heterocycles. The SMILES string of the molecule is CC.Cc1cccc(CN2CCC(F)C2)n1. The molecule has 0 aromatic carbocycles. The Bertz CT molecular complexity index is 315. The van der Waals surface area contributed by atoms with Gasteiger partial charge in [0.25, 0.3) is 0 Å². The molecular weight excluding hydrogens is 203 g/mol. The molecule has 2 nitrogen and oxygen atoms in total. The fourth-order valence-corrected chi connectivity index (χ4v) is 1.85. The highest BCUT2D eigenvalue weighted by Crippen LogP contribution is 2.14. The molecule has 1 atom stereocenters. The average Bonchev–Trinajstić information content (AvgIpc) is 2.67. The third-order valence-electron chi connectivity index (χ3n) is 2.55. The molecule has 0 bridgehead atoms. The van der Waals surface area contributed by atoms with Crippen molar-refractivity contribution in [2.45, 2.75) is 39.9 Å². The maximum Gasteiger partial charge on any atom is 0.114 e. The molecule has 1 fully saturated rings. The summed E-state index contributed by atoms with van der Waals surface area (Å²) in [4.78, 5) is 6.52. The number of alkyl halides is 1. The van der Waals surface area contributed by atoms with Crippen LogP contribution < -0.4 is 0 Å². The van der Waals surface area contributed by atoms with E-state index < -0.39 is 6.17 Å². The number of hydrogen-bond donors (Lipinski definition) is 0. The first kappa shape index (κ1) is 13.1. The lowest BCUT2D eigenvalue weighted by Crippen LogP contribution is -2.21. The molecule has 2 rings (SSSR count). The summed E-state index contributed by atoms with van der Waals surface area (Å²) in [5.41, 5.74) is 2.07. The van der Waals surface area contributed by atoms with Gasteiger partial charge in [-0.15, -0.1) is 0 Å². The van der Waals surface area contributed by atoms with E-state index in [2.05, 4.69) is 9.88 Å². The molecule has 1 aromatic rings. The molecule has 0 aliphatic carbocycles. The Hall–Kier alpha value is -0.960. The molecule has 3 heteroatoms. The number of rotatable bonds is 2. The molecule has 16 heavy (non-hydrogen) atoms. The smallest absolute Gasteiger partial charge is 0.114 e. The molecule has 0 spiro atoms. The maximum atomic E-state index is 12.9. The van der Waals surface area contributed by atoms with Crippen LogP contribution in [0.5, 0.6) is 0 Å². The van der Waals surface area contributed by atoms with E-state index in [0.717, 1.165) is 24.5 Å². The van der Waals surface area contributed by atoms with Crippen molar-refractivity contribution < 1.29 is 4.39 Å². The summed E-state index contributed by atoms with van der Waals surface area (Å²) >= 11 is 0. The highest BCUT2D eigenvalue weighted by molar-refractivity contribution is 5.09. The van der Waals surface area contributed by atoms with Crippen molar-refractivity contribution in [2.24, 2.45) is 0 Å². The first-order valence-corrected chi connectivity index (χ1v) is 6.03. The van der Waals surface area contributed by atoms with Crippen molar-refractivity contribution in [2.75, 3.05) is 13.1 Å². The van der Waals surface area contributed by atoms with E-state index in [1.165, 1.54) is 0 Å². The van der Waals surface area contributed by atoms with Gasteiger partial charge in [0.2, 0.25) is 0 Å². The highest BCUT2D eigenvalue weighted by Gasteiger charge is 2.21. The van der Waals surface area contributed by atoms with Crippen LogP contribution in [0.2, 0.25) is 0 Å². The first-order chi connectivity index (χ1) is 7.74. The minimum atomic E-state index is -0.639. The Balaban J connectivity index is 0.000000606. The Kier molecular flexibility index (Phi) is 5.39. The minimum absolute atomic E-state index is 0.565. The van der Waals surface area contributed by atoms with Crippen LogP contribution in [0.15, 0.2) is 18.2 Å². The second kappa shape index (κ2) is 6.59. The van der Waals surface area contributed by atoms with Crippen LogP contribution in [0.25, 0.3) is 0 Å². The number of nitrogens with zero attached hydrogens (tertiary/aromatic N) is 2. The van der Waals surface area contributed by atoms with E-state index in [4.69, 9.17) is 0 Å². The van der Waals surface area contributed by atoms with Crippen LogP contribution in [0.4, 0.5) is 4.39 Å². The third kappa shape index (κ3) is 3.89. The van der Waals surface area contributed by atoms with Gasteiger partial charge in [0.05, 0.1) is 5.69 Å². The van der Waals surface area contributed by atoms with Gasteiger partial charge in [-0.1, -0.05) is 19.9 Å². The van der Waals surface area contributed by atoms with Gasteiger partial charge in [-0.3, -0.25) is 9.88 Å². The lowest BCUT2D eigenvalue weighted by atomic mass is 10.3. The Labute approximate surface area is 97.5 Å². The molecule has 1 aliphatic heterocycles. The second-order valence-electron chi connectivity index (χ2n) is 3.89. The zero-order valence-corrected chi connectivity index (χ0v) is 10.4. The van der Waals surface area contributed by atoms with E-state index in [0.29, 0.717) is 13.0 Å². The Morgan fingerprint density at radius 1 is 1.44 bits per heavy atom. The van der Waals surface area contributed by atoms with Gasteiger partial charge < -0.3 is 0 Å². The Morgan fingerprint density at radius 2 is 2.19 bits per heavy atom. The molecule has 1 unspecified atom stereocenters. The van der Waals surface area contributed by atoms with Crippen molar-refractivity contribution in [3.8, 4) is 0 Å². The topological polar surface area (TPSA) is 16.1 Å². The number of likely N-dealkylation sites (tertiary alicyclic amines) is 1. The van der Waals surface area contributed by atoms with Crippen LogP contribution in [0.1, 0.15) is 31.7 Å². The van der Waals surface area contributed by atoms with Crippen molar-refractivity contribution in [1.82, 2.24) is 9.88 Å². The Morgan fingerprint density at radius 3 is 2.75 bits per heavy atom. The summed E-state index contributed by atoms with van der Waals surface area (Å²) in [6.07, 6.45) is 0.0334. The molecule has 2 heterocycles. The van der Waals surface area contributed by atoms with Crippen LogP contribution >= 0.6 is 0 Å². The fourth-order valence-electron chi connectivity index (χ4n) is 1.85. The fraction of sp³-hybridized carbons (Fsp3) is 0.615. The normalized spacial score (nSPS) is 20.4. The summed E-state index contributed by atoms with van der Waals surface area (Å²) in [7, 11) is 0. The van der Waals surface area contributed by atoms with E-state index in [1.54, 1.807) is 0 Å². The van der Waals surface area contributed by atoms with Crippen LogP contribution in [-0.4, -0.2) is 29.1 Å². The van der Waals surface area contributed by atoms with Crippen molar-refractivity contribution in [1.29, 1.82) is 0 Å². The van der Waals surface area contributed by atoms with Gasteiger partial charge in [-0.2, -0.15) is 0 Å². The number of aryl methyl sites for hydroxylation is 1. The maximum absolute atomic E-state index is 12.9. The summed E-state index contributed by atoms with van der Waals surface area (Å²) in [6, 6.07) is 5.98. The lowest BCUT2D eigenvalue weighted by Gasteiger charge is -2.13. The predicted molar refractivity (Wildman–Crippen MR) is 65.1 cm³/mol. The van der Waals surface area contributed by atoms with Crippen LogP contribution in [-0.2, 0) is 6.54 Å². The van der Waals surface area contributed by atoms with Crippen molar-refractivity contribution >= 4 is 0 Å². The summed E-state index contributed by atoms with van der Waals surface area (Å²) in [5, 5.41) is 0. The van der Waals surface area contributed by atoms with Gasteiger partial charge in [-0.25, -0.2) is 4.39 Å². The molecule has 0 amide bonds. The van der Waals surface area contributed by atoms with E-state index in [1.807, 2.05) is 39.0 Å². The van der Waals surface area contributed by atoms with Crippen LogP contribution in [0.3, 0.4) is 0 Å². The van der Waals surface area contributed by atoms with Gasteiger partial charge in [-0.05, 0) is 25.5 Å². The molecule has 0 saturated carbocycles. The van der Waals surface area contributed by atoms with Gasteiger partial charge in [0, 0.05) is 25.3 Å². The van der Waals surface area contributed by atoms with E-state index in [9.17, 15) is 4.39 Å². The van der Waals surface area contributed by atoms with Gasteiger partial charge in [0.1, 0.15) is 6.17 Å². The predicted octanol–water partition coefficient (Wildman–Crippen LogP) is 2.96. The average molecular weight is 224 g/mol. The molecule has 0 N–H and O–H groups in total. The van der Waals surface area contributed by atoms with Crippen molar-refractivity contribution in [3.05, 3.63) is 29.6 Å². The molecule has 0 radical (unpaired) electrons. The largest absolute Gasteiger partial charge is 0.295 e. The van der Waals surface area contributed by atoms with Gasteiger partial charge >= 0.3 is 0 Å². The number of pyridine rings is 1. The molecule has 90 valence electrons. The lowest BCUT2D eigenvalue weighted by molar-refractivity contribution is 0.280. The second-order valence-corrected chi connectivity index (χ2v) is 3.89. The van der Waals surface area contributed by atoms with E-state index >= 15 is 0 Å². The zero-order chi connectivity index (χ0) is 12.0. The van der Waals surface area contributed by atoms with Gasteiger partial charge in [0.15, 0.2) is 0 Å². The molecule has 1 aliphatic rings. The van der Waals surface area contributed by atoms with Crippen LogP contribution in [0, 0.1) is 6.92 Å². The summed E-state index contributed by atoms with van der Waals surface area (Å²) in [6.45, 7) is 8.18. The monoisotopic (exact) mass is 224 g/mol. The quantitative estimate of drug-likeness (QED) is 0.767. The first-order valence-electron chi connectivity index (χ1n) is 6.03. The number of aromatic nitrogens is 1. The number of hydrogen-bond acceptors (Lipinski definition) is 2. The standard InChI is InChI=1S/C11H15FN2.C2H6/c1-9-3-2-4-11(13-9)8-14-6-5-10(12)7-14;1-2/h2-4,10H,5-8H2,1H3;1-2H3. The highest BCUT2D eigenvalue weighted by atomic mass is 19.1.